The van der Waals surface area contributed by atoms with Crippen LogP contribution in [-0.4, -0.2) is 29.6 Å². The van der Waals surface area contributed by atoms with Gasteiger partial charge in [0.25, 0.3) is 0 Å². The first-order valence-electron chi connectivity index (χ1n) is 5.89. The molecule has 2 N–H and O–H groups in total. The Morgan fingerprint density at radius 2 is 2.20 bits per heavy atom. The van der Waals surface area contributed by atoms with Crippen molar-refractivity contribution in [2.45, 2.75) is 44.7 Å². The molecular formula is C11H20N2OS. The third-order valence-corrected chi connectivity index (χ3v) is 4.45. The van der Waals surface area contributed by atoms with E-state index in [0.717, 1.165) is 11.6 Å². The molecule has 1 saturated carbocycles. The van der Waals surface area contributed by atoms with Crippen molar-refractivity contribution in [3.63, 3.8) is 0 Å². The van der Waals surface area contributed by atoms with Gasteiger partial charge in [0.1, 0.15) is 0 Å². The van der Waals surface area contributed by atoms with Crippen molar-refractivity contribution in [1.82, 2.24) is 10.6 Å². The van der Waals surface area contributed by atoms with Gasteiger partial charge >= 0.3 is 0 Å². The Kier molecular flexibility index (Phi) is 3.92. The van der Waals surface area contributed by atoms with E-state index in [4.69, 9.17) is 0 Å². The largest absolute Gasteiger partial charge is 0.352 e. The molecule has 0 aromatic carbocycles. The predicted molar refractivity (Wildman–Crippen MR) is 63.8 cm³/mol. The number of carbonyl (C=O) groups is 1. The van der Waals surface area contributed by atoms with E-state index in [2.05, 4.69) is 17.6 Å². The van der Waals surface area contributed by atoms with Crippen LogP contribution in [0.1, 0.15) is 32.6 Å². The molecule has 0 spiro atoms. The van der Waals surface area contributed by atoms with Gasteiger partial charge in [-0.3, -0.25) is 10.1 Å². The van der Waals surface area contributed by atoms with Gasteiger partial charge in [0, 0.05) is 17.7 Å². The van der Waals surface area contributed by atoms with E-state index < -0.39 is 0 Å². The minimum Gasteiger partial charge on any atom is -0.352 e. The molecule has 3 nitrogen and oxygen atoms in total. The van der Waals surface area contributed by atoms with Gasteiger partial charge in [-0.15, -0.1) is 11.8 Å². The molecule has 2 atom stereocenters. The third kappa shape index (κ3) is 2.88. The van der Waals surface area contributed by atoms with Gasteiger partial charge in [0.05, 0.1) is 6.04 Å². The van der Waals surface area contributed by atoms with Gasteiger partial charge in [-0.2, -0.15) is 0 Å². The summed E-state index contributed by atoms with van der Waals surface area (Å²) in [5.41, 5.74) is 0. The standard InChI is InChI=1S/C11H20N2OS/c1-8(9-4-2-3-5-9)13-11(14)10-6-15-7-12-10/h8-10,12H,2-7H2,1H3,(H,13,14)/t8-,10?/m0/s1. The minimum absolute atomic E-state index is 0.0406. The number of hydrogen-bond donors (Lipinski definition) is 2. The van der Waals surface area contributed by atoms with Gasteiger partial charge in [0.15, 0.2) is 0 Å². The first kappa shape index (κ1) is 11.3. The highest BCUT2D eigenvalue weighted by atomic mass is 32.2. The van der Waals surface area contributed by atoms with Crippen LogP contribution in [0.2, 0.25) is 0 Å². The minimum atomic E-state index is 0.0406. The summed E-state index contributed by atoms with van der Waals surface area (Å²) in [5, 5.41) is 6.35. The Labute approximate surface area is 95.8 Å². The van der Waals surface area contributed by atoms with E-state index in [1.807, 2.05) is 0 Å². The van der Waals surface area contributed by atoms with Crippen LogP contribution >= 0.6 is 11.8 Å². The van der Waals surface area contributed by atoms with Crippen LogP contribution in [0.4, 0.5) is 0 Å². The van der Waals surface area contributed by atoms with E-state index in [9.17, 15) is 4.79 Å². The topological polar surface area (TPSA) is 41.1 Å². The zero-order chi connectivity index (χ0) is 10.7. The Balaban J connectivity index is 1.77. The van der Waals surface area contributed by atoms with E-state index in [1.54, 1.807) is 11.8 Å². The van der Waals surface area contributed by atoms with Crippen LogP contribution in [0.25, 0.3) is 0 Å². The average Bonchev–Trinajstić information content (AvgIpc) is 2.91. The van der Waals surface area contributed by atoms with Crippen LogP contribution in [0.15, 0.2) is 0 Å². The maximum atomic E-state index is 11.8. The lowest BCUT2D eigenvalue weighted by molar-refractivity contribution is -0.123. The molecule has 0 radical (unpaired) electrons. The molecule has 4 heteroatoms. The monoisotopic (exact) mass is 228 g/mol. The maximum absolute atomic E-state index is 11.8. The zero-order valence-electron chi connectivity index (χ0n) is 9.29. The molecule has 0 aromatic rings. The highest BCUT2D eigenvalue weighted by molar-refractivity contribution is 7.99. The van der Waals surface area contributed by atoms with E-state index in [0.29, 0.717) is 12.0 Å². The molecule has 1 aliphatic heterocycles. The lowest BCUT2D eigenvalue weighted by atomic mass is 9.99. The number of carbonyl (C=O) groups excluding carboxylic acids is 1. The summed E-state index contributed by atoms with van der Waals surface area (Å²) >= 11 is 1.80. The molecule has 2 rings (SSSR count). The summed E-state index contributed by atoms with van der Waals surface area (Å²) in [6.07, 6.45) is 5.24. The van der Waals surface area contributed by atoms with Crippen LogP contribution in [0.3, 0.4) is 0 Å². The molecule has 0 bridgehead atoms. The summed E-state index contributed by atoms with van der Waals surface area (Å²) in [5.74, 6) is 2.74. The zero-order valence-corrected chi connectivity index (χ0v) is 10.1. The SMILES string of the molecule is C[C@H](NC(=O)C1CSCN1)C1CCCC1. The number of thioether (sulfide) groups is 1. The van der Waals surface area contributed by atoms with Crippen LogP contribution < -0.4 is 10.6 Å². The molecule has 2 aliphatic rings. The first-order valence-corrected chi connectivity index (χ1v) is 7.04. The quantitative estimate of drug-likeness (QED) is 0.766. The predicted octanol–water partition coefficient (Wildman–Crippen LogP) is 1.34. The highest BCUT2D eigenvalue weighted by Gasteiger charge is 2.27. The molecule has 1 amide bonds. The fourth-order valence-electron chi connectivity index (χ4n) is 2.46. The molecule has 2 fully saturated rings. The second-order valence-electron chi connectivity index (χ2n) is 4.61. The Morgan fingerprint density at radius 3 is 2.80 bits per heavy atom. The molecule has 1 aliphatic carbocycles. The second-order valence-corrected chi connectivity index (χ2v) is 5.64. The van der Waals surface area contributed by atoms with Gasteiger partial charge in [-0.1, -0.05) is 12.8 Å². The van der Waals surface area contributed by atoms with E-state index in [-0.39, 0.29) is 11.9 Å². The molecule has 0 aromatic heterocycles. The van der Waals surface area contributed by atoms with Gasteiger partial charge in [-0.25, -0.2) is 0 Å². The molecule has 1 unspecified atom stereocenters. The maximum Gasteiger partial charge on any atom is 0.238 e. The van der Waals surface area contributed by atoms with Crippen molar-refractivity contribution in [1.29, 1.82) is 0 Å². The number of hydrogen-bond acceptors (Lipinski definition) is 3. The first-order chi connectivity index (χ1) is 7.27. The summed E-state index contributed by atoms with van der Waals surface area (Å²) in [7, 11) is 0. The van der Waals surface area contributed by atoms with E-state index in [1.165, 1.54) is 25.7 Å². The van der Waals surface area contributed by atoms with Crippen molar-refractivity contribution in [3.05, 3.63) is 0 Å². The summed E-state index contributed by atoms with van der Waals surface area (Å²) in [4.78, 5) is 11.8. The average molecular weight is 228 g/mol. The second kappa shape index (κ2) is 5.21. The summed E-state index contributed by atoms with van der Waals surface area (Å²) < 4.78 is 0. The number of amides is 1. The van der Waals surface area contributed by atoms with Gasteiger partial charge in [0.2, 0.25) is 5.91 Å². The van der Waals surface area contributed by atoms with Gasteiger partial charge < -0.3 is 5.32 Å². The third-order valence-electron chi connectivity index (χ3n) is 3.51. The molecule has 15 heavy (non-hydrogen) atoms. The van der Waals surface area contributed by atoms with Crippen molar-refractivity contribution in [3.8, 4) is 0 Å². The molecule has 1 heterocycles. The number of rotatable bonds is 3. The summed E-state index contributed by atoms with van der Waals surface area (Å²) in [6, 6.07) is 0.395. The summed E-state index contributed by atoms with van der Waals surface area (Å²) in [6.45, 7) is 2.15. The Hall–Kier alpha value is -0.220. The van der Waals surface area contributed by atoms with Crippen molar-refractivity contribution < 1.29 is 4.79 Å². The fourth-order valence-corrected chi connectivity index (χ4v) is 3.41. The van der Waals surface area contributed by atoms with Crippen LogP contribution in [0.5, 0.6) is 0 Å². The highest BCUT2D eigenvalue weighted by Crippen LogP contribution is 2.27. The van der Waals surface area contributed by atoms with Crippen molar-refractivity contribution in [2.75, 3.05) is 11.6 Å². The van der Waals surface area contributed by atoms with Crippen molar-refractivity contribution >= 4 is 17.7 Å². The molecular weight excluding hydrogens is 208 g/mol. The number of nitrogens with one attached hydrogen (secondary N) is 2. The van der Waals surface area contributed by atoms with Crippen molar-refractivity contribution in [2.24, 2.45) is 5.92 Å². The van der Waals surface area contributed by atoms with Crippen LogP contribution in [-0.2, 0) is 4.79 Å². The lowest BCUT2D eigenvalue weighted by Gasteiger charge is -2.22. The molecule has 1 saturated heterocycles. The normalized spacial score (nSPS) is 29.3. The Morgan fingerprint density at radius 1 is 1.47 bits per heavy atom. The Bertz CT molecular complexity index is 223. The van der Waals surface area contributed by atoms with E-state index >= 15 is 0 Å². The van der Waals surface area contributed by atoms with Gasteiger partial charge in [-0.05, 0) is 25.7 Å². The lowest BCUT2D eigenvalue weighted by Crippen LogP contribution is -2.47. The fraction of sp³-hybridized carbons (Fsp3) is 0.909. The van der Waals surface area contributed by atoms with Crippen LogP contribution in [0, 0.1) is 5.92 Å². The molecule has 86 valence electrons. The smallest absolute Gasteiger partial charge is 0.238 e.